The molecule has 0 spiro atoms. The van der Waals surface area contributed by atoms with E-state index in [1.165, 1.54) is 0 Å². The minimum absolute atomic E-state index is 0.0164. The summed E-state index contributed by atoms with van der Waals surface area (Å²) in [4.78, 5) is 23.2. The third kappa shape index (κ3) is 8.05. The van der Waals surface area contributed by atoms with Crippen LogP contribution >= 0.6 is 0 Å². The van der Waals surface area contributed by atoms with Crippen LogP contribution in [0.1, 0.15) is 54.1 Å². The summed E-state index contributed by atoms with van der Waals surface area (Å²) in [5, 5.41) is 30.0. The van der Waals surface area contributed by atoms with Crippen LogP contribution in [0.4, 0.5) is 0 Å². The molecule has 0 aliphatic rings. The molecule has 3 aromatic carbocycles. The third-order valence-corrected chi connectivity index (χ3v) is 6.25. The summed E-state index contributed by atoms with van der Waals surface area (Å²) in [6.45, 7) is 2.33. The number of unbranched alkanes of at least 4 members (excludes halogenated alkanes) is 3. The molecule has 0 aliphatic heterocycles. The number of hydrogen-bond donors (Lipinski definition) is 3. The van der Waals surface area contributed by atoms with E-state index in [9.17, 15) is 15.0 Å². The molecular formula is C32H35NO7. The number of benzene rings is 3. The number of para-hydroxylation sites is 1. The molecule has 0 aliphatic carbocycles. The molecule has 210 valence electrons. The van der Waals surface area contributed by atoms with E-state index in [0.29, 0.717) is 23.7 Å². The van der Waals surface area contributed by atoms with E-state index in [2.05, 4.69) is 6.92 Å². The van der Waals surface area contributed by atoms with Crippen molar-refractivity contribution in [2.75, 3.05) is 6.61 Å². The zero-order valence-corrected chi connectivity index (χ0v) is 22.5. The highest BCUT2D eigenvalue weighted by atomic mass is 16.5. The molecule has 0 saturated heterocycles. The average Bonchev–Trinajstić information content (AvgIpc) is 3.52. The van der Waals surface area contributed by atoms with Crippen molar-refractivity contribution in [3.63, 3.8) is 0 Å². The number of amides is 1. The molecule has 0 fully saturated rings. The topological polar surface area (TPSA) is 120 Å². The fraction of sp³-hybridized carbons (Fsp3) is 0.250. The fourth-order valence-electron chi connectivity index (χ4n) is 4.19. The second kappa shape index (κ2) is 15.3. The molecule has 40 heavy (non-hydrogen) atoms. The molecule has 8 nitrogen and oxygen atoms in total. The second-order valence-corrected chi connectivity index (χ2v) is 9.08. The highest BCUT2D eigenvalue weighted by Crippen LogP contribution is 2.34. The zero-order valence-electron chi connectivity index (χ0n) is 22.5. The lowest BCUT2D eigenvalue weighted by Crippen LogP contribution is -2.49. The minimum atomic E-state index is -2.62. The smallest absolute Gasteiger partial charge is 0.290 e. The van der Waals surface area contributed by atoms with Gasteiger partial charge < -0.3 is 24.5 Å². The molecule has 0 bridgehead atoms. The molecule has 3 N–H and O–H groups in total. The number of carbonyl (C=O) groups excluding carboxylic acids is 1. The number of furan rings is 1. The van der Waals surface area contributed by atoms with Crippen molar-refractivity contribution < 1.29 is 34.1 Å². The van der Waals surface area contributed by atoms with Gasteiger partial charge in [0.2, 0.25) is 0 Å². The number of nitrogens with zero attached hydrogens (tertiary/aromatic N) is 1. The van der Waals surface area contributed by atoms with E-state index in [4.69, 9.17) is 19.1 Å². The number of aliphatic hydroxyl groups is 2. The molecule has 0 atom stereocenters. The summed E-state index contributed by atoms with van der Waals surface area (Å²) < 4.78 is 11.4. The Labute approximate surface area is 234 Å². The quantitative estimate of drug-likeness (QED) is 0.113. The van der Waals surface area contributed by atoms with Gasteiger partial charge in [0.05, 0.1) is 25.0 Å². The number of hydrogen-bond acceptors (Lipinski definition) is 6. The van der Waals surface area contributed by atoms with Crippen LogP contribution in [-0.4, -0.2) is 39.2 Å². The first-order valence-corrected chi connectivity index (χ1v) is 13.2. The van der Waals surface area contributed by atoms with Crippen LogP contribution in [0.3, 0.4) is 0 Å². The zero-order chi connectivity index (χ0) is 28.8. The van der Waals surface area contributed by atoms with Crippen LogP contribution < -0.4 is 4.74 Å². The minimum Gasteiger partial charge on any atom is -0.493 e. The number of ether oxygens (including phenoxy) is 1. The molecular weight excluding hydrogens is 510 g/mol. The molecule has 1 aromatic heterocycles. The molecule has 0 unspecified atom stereocenters. The summed E-state index contributed by atoms with van der Waals surface area (Å²) in [7, 11) is 0. The van der Waals surface area contributed by atoms with Gasteiger partial charge in [0.25, 0.3) is 18.3 Å². The van der Waals surface area contributed by atoms with Crippen LogP contribution in [0.15, 0.2) is 102 Å². The number of rotatable bonds is 12. The molecule has 0 radical (unpaired) electrons. The molecule has 8 heteroatoms. The van der Waals surface area contributed by atoms with Crippen LogP contribution in [0.25, 0.3) is 11.3 Å². The Kier molecular flexibility index (Phi) is 11.5. The van der Waals surface area contributed by atoms with Gasteiger partial charge >= 0.3 is 0 Å². The summed E-state index contributed by atoms with van der Waals surface area (Å²) in [6, 6.07) is 26.5. The van der Waals surface area contributed by atoms with Crippen molar-refractivity contribution in [3.05, 3.63) is 114 Å². The van der Waals surface area contributed by atoms with E-state index in [0.717, 1.165) is 41.7 Å². The predicted molar refractivity (Wildman–Crippen MR) is 151 cm³/mol. The van der Waals surface area contributed by atoms with Crippen molar-refractivity contribution in [1.82, 2.24) is 4.90 Å². The largest absolute Gasteiger partial charge is 0.493 e. The Balaban J connectivity index is 0.00000141. The van der Waals surface area contributed by atoms with Gasteiger partial charge in [-0.1, -0.05) is 80.8 Å². The van der Waals surface area contributed by atoms with E-state index in [-0.39, 0.29) is 18.6 Å². The first-order valence-electron chi connectivity index (χ1n) is 13.2. The monoisotopic (exact) mass is 545 g/mol. The molecule has 0 saturated carbocycles. The Bertz CT molecular complexity index is 1300. The number of carbonyl (C=O) groups is 2. The summed E-state index contributed by atoms with van der Waals surface area (Å²) in [5.41, 5.74) is 2.00. The van der Waals surface area contributed by atoms with Crippen molar-refractivity contribution in [3.8, 4) is 17.1 Å². The van der Waals surface area contributed by atoms with Crippen molar-refractivity contribution in [2.45, 2.75) is 45.1 Å². The number of carboxylic acid groups (broad SMARTS) is 1. The maximum absolute atomic E-state index is 13.8. The Hall–Kier alpha value is -4.40. The Morgan fingerprint density at radius 3 is 2.23 bits per heavy atom. The van der Waals surface area contributed by atoms with Crippen LogP contribution in [0.2, 0.25) is 0 Å². The first kappa shape index (κ1) is 30.1. The summed E-state index contributed by atoms with van der Waals surface area (Å²) >= 11 is 0. The van der Waals surface area contributed by atoms with Gasteiger partial charge in [-0.05, 0) is 48.4 Å². The Morgan fingerprint density at radius 2 is 1.57 bits per heavy atom. The highest BCUT2D eigenvalue weighted by molar-refractivity contribution is 5.95. The van der Waals surface area contributed by atoms with E-state index in [1.54, 1.807) is 60.9 Å². The van der Waals surface area contributed by atoms with Crippen molar-refractivity contribution in [2.24, 2.45) is 0 Å². The average molecular weight is 546 g/mol. The van der Waals surface area contributed by atoms with E-state index < -0.39 is 11.8 Å². The maximum Gasteiger partial charge on any atom is 0.290 e. The van der Waals surface area contributed by atoms with Gasteiger partial charge in [-0.15, -0.1) is 0 Å². The van der Waals surface area contributed by atoms with Gasteiger partial charge in [-0.25, -0.2) is 0 Å². The van der Waals surface area contributed by atoms with Gasteiger partial charge in [0, 0.05) is 11.1 Å². The normalized spacial score (nSPS) is 10.8. The maximum atomic E-state index is 13.8. The Morgan fingerprint density at radius 1 is 0.900 bits per heavy atom. The third-order valence-electron chi connectivity index (χ3n) is 6.25. The van der Waals surface area contributed by atoms with E-state index in [1.807, 2.05) is 36.4 Å². The lowest BCUT2D eigenvalue weighted by atomic mass is 10.0. The van der Waals surface area contributed by atoms with Crippen LogP contribution in [0.5, 0.6) is 5.75 Å². The van der Waals surface area contributed by atoms with Crippen molar-refractivity contribution in [1.29, 1.82) is 0 Å². The molecule has 4 aromatic rings. The van der Waals surface area contributed by atoms with Gasteiger partial charge in [0.1, 0.15) is 11.5 Å². The lowest BCUT2D eigenvalue weighted by molar-refractivity contribution is -0.259. The van der Waals surface area contributed by atoms with Crippen molar-refractivity contribution >= 4 is 12.4 Å². The van der Waals surface area contributed by atoms with Gasteiger partial charge in [-0.3, -0.25) is 14.5 Å². The summed E-state index contributed by atoms with van der Waals surface area (Å²) in [6.07, 6.45) is 5.72. The highest BCUT2D eigenvalue weighted by Gasteiger charge is 2.40. The summed E-state index contributed by atoms with van der Waals surface area (Å²) in [5.74, 6) is -2.13. The predicted octanol–water partition coefficient (Wildman–Crippen LogP) is 6.04. The standard InChI is InChI=1S/C31H33NO5.CH2O2/c1-2-3-4-10-21-37-29-15-9-8-14-27(29)31(34,35)32(23-24-12-6-5-7-13-24)30(33)26-19-17-25(18-20-26)28-16-11-22-36-28;2-1-3/h5-9,11-20,22,34-35H,2-4,10,21,23H2,1H3;1H,(H,2,3). The fourth-order valence-corrected chi connectivity index (χ4v) is 4.19. The molecule has 4 rings (SSSR count). The SMILES string of the molecule is CCCCCCOc1ccccc1C(O)(O)N(Cc1ccccc1)C(=O)c1ccc(-c2ccco2)cc1.O=CO. The lowest BCUT2D eigenvalue weighted by Gasteiger charge is -2.36. The molecule has 1 amide bonds. The van der Waals surface area contributed by atoms with Crippen LogP contribution in [-0.2, 0) is 17.3 Å². The van der Waals surface area contributed by atoms with Gasteiger partial charge in [-0.2, -0.15) is 0 Å². The second-order valence-electron chi connectivity index (χ2n) is 9.08. The van der Waals surface area contributed by atoms with E-state index >= 15 is 0 Å². The molecule has 1 heterocycles. The van der Waals surface area contributed by atoms with Gasteiger partial charge in [0.15, 0.2) is 0 Å². The van der Waals surface area contributed by atoms with Crippen LogP contribution in [0, 0.1) is 0 Å². The first-order chi connectivity index (χ1) is 19.4.